The predicted octanol–water partition coefficient (Wildman–Crippen LogP) is 4.77. The van der Waals surface area contributed by atoms with Crippen molar-refractivity contribution in [3.05, 3.63) is 48.0 Å². The van der Waals surface area contributed by atoms with Crippen molar-refractivity contribution in [1.29, 1.82) is 0 Å². The molecule has 0 radical (unpaired) electrons. The molecule has 2 bridgehead atoms. The molecule has 49 heavy (non-hydrogen) atoms. The number of carbonyl (C=O) groups is 2. The number of pyridine rings is 2. The quantitative estimate of drug-likeness (QED) is 0.252. The first kappa shape index (κ1) is 30.1. The molecule has 4 aromatic heterocycles. The van der Waals surface area contributed by atoms with Crippen LogP contribution < -0.4 is 20.1 Å². The van der Waals surface area contributed by atoms with E-state index in [1.807, 2.05) is 42.3 Å². The van der Waals surface area contributed by atoms with E-state index in [1.54, 1.807) is 19.1 Å². The van der Waals surface area contributed by atoms with Gasteiger partial charge in [-0.1, -0.05) is 0 Å². The summed E-state index contributed by atoms with van der Waals surface area (Å²) in [4.78, 5) is 44.9. The molecule has 252 valence electrons. The van der Waals surface area contributed by atoms with Gasteiger partial charge in [0.05, 0.1) is 36.7 Å². The predicted molar refractivity (Wildman–Crippen MR) is 186 cm³/mol. The minimum Gasteiger partial charge on any atom is -0.494 e. The second-order valence-electron chi connectivity index (χ2n) is 14.0. The Bertz CT molecular complexity index is 2170. The van der Waals surface area contributed by atoms with E-state index in [9.17, 15) is 9.59 Å². The summed E-state index contributed by atoms with van der Waals surface area (Å²) in [5.74, 6) is 3.43. The number of nitrogens with zero attached hydrogens (tertiary/aromatic N) is 7. The molecule has 12 nitrogen and oxygen atoms in total. The van der Waals surface area contributed by atoms with E-state index in [2.05, 4.69) is 21.3 Å². The minimum absolute atomic E-state index is 0.0143. The first-order valence-electron chi connectivity index (χ1n) is 17.3. The maximum Gasteiger partial charge on any atom is 0.254 e. The van der Waals surface area contributed by atoms with Crippen LogP contribution in [0.5, 0.6) is 11.6 Å². The number of piperidine rings is 1. The lowest BCUT2D eigenvalue weighted by molar-refractivity contribution is -0.117. The Kier molecular flexibility index (Phi) is 6.94. The van der Waals surface area contributed by atoms with Gasteiger partial charge in [0.15, 0.2) is 5.82 Å². The molecule has 2 saturated carbocycles. The highest BCUT2D eigenvalue weighted by atomic mass is 16.5. The number of imidazole rings is 1. The summed E-state index contributed by atoms with van der Waals surface area (Å²) in [5, 5.41) is 1.00. The summed E-state index contributed by atoms with van der Waals surface area (Å²) in [5.41, 5.74) is 11.9. The molecule has 6 heterocycles. The van der Waals surface area contributed by atoms with Crippen LogP contribution in [-0.2, 0) is 18.4 Å². The second-order valence-corrected chi connectivity index (χ2v) is 14.0. The van der Waals surface area contributed by atoms with Crippen LogP contribution in [0.1, 0.15) is 48.9 Å². The number of hydrogen-bond acceptors (Lipinski definition) is 8. The van der Waals surface area contributed by atoms with Gasteiger partial charge in [-0.2, -0.15) is 4.98 Å². The molecule has 2 N–H and O–H groups in total. The number of benzene rings is 1. The molecule has 9 rings (SSSR count). The number of methoxy groups -OCH3 is 2. The van der Waals surface area contributed by atoms with Crippen LogP contribution in [0.4, 0.5) is 5.82 Å². The fourth-order valence-electron chi connectivity index (χ4n) is 8.29. The van der Waals surface area contributed by atoms with E-state index in [4.69, 9.17) is 30.2 Å². The summed E-state index contributed by atoms with van der Waals surface area (Å²) in [7, 11) is 5.23. The lowest BCUT2D eigenvalue weighted by Crippen LogP contribution is -2.41. The molecule has 2 saturated heterocycles. The average Bonchev–Trinajstić information content (AvgIpc) is 3.35. The number of hydrogen-bond donors (Lipinski definition) is 1. The first-order valence-corrected chi connectivity index (χ1v) is 17.3. The highest BCUT2D eigenvalue weighted by molar-refractivity contribution is 6.00. The van der Waals surface area contributed by atoms with E-state index < -0.39 is 0 Å². The minimum atomic E-state index is -0.0143. The van der Waals surface area contributed by atoms with Crippen LogP contribution >= 0.6 is 0 Å². The SMILES string of the molecule is COc1nc(N2CCCC2=O)ccc1-c1ccc2cc(-c3nc4cc(C(=O)N5CC6CCC5[C@@H]6N)cc(OC)c4n3C)n(CC3CC3)c2n1. The van der Waals surface area contributed by atoms with Gasteiger partial charge in [-0.05, 0) is 86.4 Å². The smallest absolute Gasteiger partial charge is 0.254 e. The Morgan fingerprint density at radius 1 is 1.00 bits per heavy atom. The molecule has 2 amide bonds. The summed E-state index contributed by atoms with van der Waals surface area (Å²) < 4.78 is 15.9. The fourth-order valence-corrected chi connectivity index (χ4v) is 8.29. The monoisotopic (exact) mass is 660 g/mol. The van der Waals surface area contributed by atoms with Crippen molar-refractivity contribution in [3.63, 3.8) is 0 Å². The molecule has 4 fully saturated rings. The van der Waals surface area contributed by atoms with Crippen LogP contribution in [0.25, 0.3) is 44.8 Å². The standard InChI is InChI=1S/C37H40N8O4/c1-42-33-26(15-23(17-29(33)48-2)37(47)45-19-22-9-12-27(45)32(22)38)40-35(42)28-16-21-8-11-25(39-34(21)44(28)18-20-6-7-20)24-10-13-30(41-36(24)49-3)43-14-4-5-31(43)46/h8,10-11,13,15-17,20,22,27,32H,4-7,9,12,14,18-19,38H2,1-3H3/t22?,27?,32-/m1/s1. The van der Waals surface area contributed by atoms with Gasteiger partial charge in [0, 0.05) is 56.1 Å². The molecule has 4 aliphatic rings. The normalized spacial score (nSPS) is 21.9. The Hall–Kier alpha value is -4.97. The number of anilines is 1. The number of aromatic nitrogens is 5. The summed E-state index contributed by atoms with van der Waals surface area (Å²) in [6.45, 7) is 2.19. The van der Waals surface area contributed by atoms with Gasteiger partial charge in [-0.25, -0.2) is 9.97 Å². The molecule has 1 aromatic carbocycles. The molecule has 12 heteroatoms. The van der Waals surface area contributed by atoms with Crippen molar-refractivity contribution in [3.8, 4) is 34.4 Å². The van der Waals surface area contributed by atoms with Gasteiger partial charge < -0.3 is 29.2 Å². The average molecular weight is 661 g/mol. The first-order chi connectivity index (χ1) is 23.8. The topological polar surface area (TPSA) is 134 Å². The van der Waals surface area contributed by atoms with E-state index in [-0.39, 0.29) is 23.9 Å². The van der Waals surface area contributed by atoms with Crippen LogP contribution in [0.2, 0.25) is 0 Å². The van der Waals surface area contributed by atoms with Gasteiger partial charge in [-0.15, -0.1) is 0 Å². The number of rotatable bonds is 8. The lowest BCUT2D eigenvalue weighted by atomic mass is 10.1. The summed E-state index contributed by atoms with van der Waals surface area (Å²) >= 11 is 0. The summed E-state index contributed by atoms with van der Waals surface area (Å²) in [6, 6.07) is 13.9. The Morgan fingerprint density at radius 2 is 1.86 bits per heavy atom. The largest absolute Gasteiger partial charge is 0.494 e. The molecule has 2 unspecified atom stereocenters. The van der Waals surface area contributed by atoms with E-state index in [0.717, 1.165) is 65.1 Å². The van der Waals surface area contributed by atoms with E-state index in [1.165, 1.54) is 12.8 Å². The Morgan fingerprint density at radius 3 is 2.55 bits per heavy atom. The van der Waals surface area contributed by atoms with Crippen LogP contribution in [0, 0.1) is 11.8 Å². The van der Waals surface area contributed by atoms with Crippen molar-refractivity contribution >= 4 is 39.7 Å². The number of fused-ring (bicyclic) bond motifs is 4. The van der Waals surface area contributed by atoms with Crippen molar-refractivity contribution < 1.29 is 19.1 Å². The Labute approximate surface area is 283 Å². The van der Waals surface area contributed by atoms with Gasteiger partial charge in [0.2, 0.25) is 11.8 Å². The van der Waals surface area contributed by atoms with Crippen LogP contribution in [0.15, 0.2) is 42.5 Å². The van der Waals surface area contributed by atoms with Crippen molar-refractivity contribution in [2.45, 2.75) is 57.2 Å². The third-order valence-corrected chi connectivity index (χ3v) is 11.1. The number of aryl methyl sites for hydroxylation is 1. The number of amides is 2. The lowest BCUT2D eigenvalue weighted by Gasteiger charge is -2.27. The zero-order chi connectivity index (χ0) is 33.6. The van der Waals surface area contributed by atoms with Crippen LogP contribution in [0.3, 0.4) is 0 Å². The van der Waals surface area contributed by atoms with Gasteiger partial charge >= 0.3 is 0 Å². The molecule has 2 aliphatic heterocycles. The third-order valence-electron chi connectivity index (χ3n) is 11.1. The molecular formula is C37H40N8O4. The number of ether oxygens (including phenoxy) is 2. The third kappa shape index (κ3) is 4.79. The van der Waals surface area contributed by atoms with Gasteiger partial charge in [0.1, 0.15) is 22.7 Å². The molecule has 0 spiro atoms. The van der Waals surface area contributed by atoms with Crippen molar-refractivity contribution in [2.24, 2.45) is 24.6 Å². The maximum atomic E-state index is 13.8. The molecule has 5 aromatic rings. The van der Waals surface area contributed by atoms with Crippen LogP contribution in [-0.4, -0.2) is 80.2 Å². The fraction of sp³-hybridized carbons (Fsp3) is 0.432. The zero-order valence-corrected chi connectivity index (χ0v) is 28.1. The van der Waals surface area contributed by atoms with E-state index in [0.29, 0.717) is 59.9 Å². The zero-order valence-electron chi connectivity index (χ0n) is 28.1. The van der Waals surface area contributed by atoms with Crippen molar-refractivity contribution in [2.75, 3.05) is 32.2 Å². The number of carbonyl (C=O) groups excluding carboxylic acids is 2. The van der Waals surface area contributed by atoms with Gasteiger partial charge in [0.25, 0.3) is 5.91 Å². The van der Waals surface area contributed by atoms with Gasteiger partial charge in [-0.3, -0.25) is 14.5 Å². The maximum absolute atomic E-state index is 13.8. The van der Waals surface area contributed by atoms with E-state index >= 15 is 0 Å². The summed E-state index contributed by atoms with van der Waals surface area (Å²) in [6.07, 6.45) is 5.77. The molecular weight excluding hydrogens is 620 g/mol. The van der Waals surface area contributed by atoms with Crippen molar-refractivity contribution in [1.82, 2.24) is 29.0 Å². The number of nitrogens with two attached hydrogens (primary N) is 1. The number of likely N-dealkylation sites (tertiary alicyclic amines) is 1. The highest BCUT2D eigenvalue weighted by Crippen LogP contribution is 2.41. The molecule has 3 atom stereocenters. The Balaban J connectivity index is 1.13. The second kappa shape index (κ2) is 11.3. The highest BCUT2D eigenvalue weighted by Gasteiger charge is 2.47. The molecule has 2 aliphatic carbocycles.